The van der Waals surface area contributed by atoms with Gasteiger partial charge in [0.2, 0.25) is 0 Å². The Morgan fingerprint density at radius 1 is 0.400 bits per heavy atom. The number of rotatable bonds is 1. The van der Waals surface area contributed by atoms with Crippen LogP contribution in [0.5, 0.6) is 0 Å². The molecule has 0 amide bonds. The third-order valence-electron chi connectivity index (χ3n) is 8.88. The van der Waals surface area contributed by atoms with E-state index in [9.17, 15) is 0 Å². The number of aromatic nitrogens is 1. The van der Waals surface area contributed by atoms with Crippen LogP contribution >= 0.6 is 0 Å². The van der Waals surface area contributed by atoms with Crippen molar-refractivity contribution in [3.8, 4) is 5.69 Å². The Labute approximate surface area is 228 Å². The van der Waals surface area contributed by atoms with E-state index in [0.717, 1.165) is 27.3 Å². The van der Waals surface area contributed by atoms with E-state index in [2.05, 4.69) is 126 Å². The normalized spacial score (nSPS) is 12.5. The fraction of sp³-hybridized carbons (Fsp3) is 0. The second-order valence-corrected chi connectivity index (χ2v) is 10.9. The average molecular weight is 508 g/mol. The maximum Gasteiger partial charge on any atom is 0.143 e. The van der Waals surface area contributed by atoms with Crippen molar-refractivity contribution in [2.45, 2.75) is 0 Å². The lowest BCUT2D eigenvalue weighted by Crippen LogP contribution is -1.97. The number of para-hydroxylation sites is 2. The SMILES string of the molecule is c1cc2ccc3cccc4c(-n5c6ccccc6c6cc7ccc8c9ccccc9oc8c7cc65)cc(c1)c2c34. The highest BCUT2D eigenvalue weighted by molar-refractivity contribution is 6.26. The largest absolute Gasteiger partial charge is 0.455 e. The molecule has 8 aromatic carbocycles. The summed E-state index contributed by atoms with van der Waals surface area (Å²) in [6.07, 6.45) is 0. The smallest absolute Gasteiger partial charge is 0.143 e. The van der Waals surface area contributed by atoms with Crippen molar-refractivity contribution >= 4 is 86.8 Å². The number of benzene rings is 8. The van der Waals surface area contributed by atoms with Crippen LogP contribution in [0.4, 0.5) is 0 Å². The molecule has 184 valence electrons. The summed E-state index contributed by atoms with van der Waals surface area (Å²) in [5.74, 6) is 0. The van der Waals surface area contributed by atoms with Gasteiger partial charge in [-0.1, -0.05) is 91.0 Å². The van der Waals surface area contributed by atoms with E-state index in [1.807, 2.05) is 6.07 Å². The van der Waals surface area contributed by atoms with Crippen LogP contribution < -0.4 is 0 Å². The third-order valence-corrected chi connectivity index (χ3v) is 8.88. The molecular weight excluding hydrogens is 486 g/mol. The van der Waals surface area contributed by atoms with Crippen molar-refractivity contribution < 1.29 is 4.42 Å². The van der Waals surface area contributed by atoms with Gasteiger partial charge in [0.25, 0.3) is 0 Å². The minimum Gasteiger partial charge on any atom is -0.455 e. The van der Waals surface area contributed by atoms with E-state index >= 15 is 0 Å². The first-order chi connectivity index (χ1) is 19.8. The van der Waals surface area contributed by atoms with Gasteiger partial charge in [0.1, 0.15) is 11.2 Å². The fourth-order valence-electron chi connectivity index (χ4n) is 7.16. The van der Waals surface area contributed by atoms with Gasteiger partial charge in [-0.3, -0.25) is 0 Å². The zero-order chi connectivity index (χ0) is 25.9. The molecular formula is C38H21NO. The number of furan rings is 1. The molecule has 2 aromatic heterocycles. The van der Waals surface area contributed by atoms with E-state index in [-0.39, 0.29) is 0 Å². The van der Waals surface area contributed by atoms with E-state index in [0.29, 0.717) is 0 Å². The van der Waals surface area contributed by atoms with Gasteiger partial charge in [-0.25, -0.2) is 0 Å². The van der Waals surface area contributed by atoms with Gasteiger partial charge in [0.05, 0.1) is 16.7 Å². The Morgan fingerprint density at radius 2 is 1.12 bits per heavy atom. The lowest BCUT2D eigenvalue weighted by atomic mass is 9.93. The molecule has 0 aliphatic rings. The molecule has 2 nitrogen and oxygen atoms in total. The Balaban J connectivity index is 1.43. The monoisotopic (exact) mass is 507 g/mol. The first kappa shape index (κ1) is 20.6. The lowest BCUT2D eigenvalue weighted by Gasteiger charge is -2.17. The van der Waals surface area contributed by atoms with Crippen molar-refractivity contribution in [2.24, 2.45) is 0 Å². The van der Waals surface area contributed by atoms with E-state index in [1.54, 1.807) is 0 Å². The van der Waals surface area contributed by atoms with Crippen molar-refractivity contribution in [1.29, 1.82) is 0 Å². The van der Waals surface area contributed by atoms with Crippen LogP contribution in [0.15, 0.2) is 132 Å². The van der Waals surface area contributed by atoms with Gasteiger partial charge in [0.15, 0.2) is 0 Å². The molecule has 0 bridgehead atoms. The lowest BCUT2D eigenvalue weighted by molar-refractivity contribution is 0.672. The summed E-state index contributed by atoms with van der Waals surface area (Å²) in [6, 6.07) is 46.5. The second-order valence-electron chi connectivity index (χ2n) is 10.9. The van der Waals surface area contributed by atoms with Crippen LogP contribution in [-0.4, -0.2) is 4.57 Å². The standard InChI is InChI=1S/C38H21NO/c1-3-13-32-26(10-1)31-19-24-17-18-28-27-11-2-4-14-35(27)40-38(28)30(24)21-34(31)39(32)33-20-25-9-5-7-22-15-16-23-8-6-12-29(33)37(23)36(22)25/h1-21H. The summed E-state index contributed by atoms with van der Waals surface area (Å²) >= 11 is 0. The highest BCUT2D eigenvalue weighted by atomic mass is 16.3. The summed E-state index contributed by atoms with van der Waals surface area (Å²) in [5, 5.41) is 14.9. The molecule has 0 fully saturated rings. The zero-order valence-corrected chi connectivity index (χ0v) is 21.5. The second kappa shape index (κ2) is 7.19. The fourth-order valence-corrected chi connectivity index (χ4v) is 7.16. The van der Waals surface area contributed by atoms with Gasteiger partial charge in [-0.2, -0.15) is 0 Å². The number of hydrogen-bond donors (Lipinski definition) is 0. The molecule has 0 atom stereocenters. The summed E-state index contributed by atoms with van der Waals surface area (Å²) in [7, 11) is 0. The molecule has 2 heteroatoms. The number of nitrogens with zero attached hydrogens (tertiary/aromatic N) is 1. The first-order valence-electron chi connectivity index (χ1n) is 13.8. The van der Waals surface area contributed by atoms with Gasteiger partial charge in [0, 0.05) is 32.3 Å². The van der Waals surface area contributed by atoms with Crippen LogP contribution in [-0.2, 0) is 0 Å². The van der Waals surface area contributed by atoms with Gasteiger partial charge < -0.3 is 8.98 Å². The molecule has 0 spiro atoms. The Hall–Kier alpha value is -5.34. The predicted molar refractivity (Wildman–Crippen MR) is 169 cm³/mol. The van der Waals surface area contributed by atoms with Crippen molar-refractivity contribution in [1.82, 2.24) is 4.57 Å². The highest BCUT2D eigenvalue weighted by Crippen LogP contribution is 2.43. The predicted octanol–water partition coefficient (Wildman–Crippen LogP) is 10.7. The van der Waals surface area contributed by atoms with Gasteiger partial charge in [-0.05, 0) is 68.7 Å². The quantitative estimate of drug-likeness (QED) is 0.202. The van der Waals surface area contributed by atoms with E-state index in [4.69, 9.17) is 4.42 Å². The molecule has 0 aliphatic heterocycles. The highest BCUT2D eigenvalue weighted by Gasteiger charge is 2.19. The summed E-state index contributed by atoms with van der Waals surface area (Å²) < 4.78 is 8.95. The van der Waals surface area contributed by atoms with Crippen LogP contribution in [0.3, 0.4) is 0 Å². The number of hydrogen-bond acceptors (Lipinski definition) is 1. The van der Waals surface area contributed by atoms with Crippen molar-refractivity contribution in [3.05, 3.63) is 127 Å². The van der Waals surface area contributed by atoms with Crippen LogP contribution in [0, 0.1) is 0 Å². The minimum atomic E-state index is 0.928. The topological polar surface area (TPSA) is 18.1 Å². The Bertz CT molecular complexity index is 2650. The molecule has 0 radical (unpaired) electrons. The van der Waals surface area contributed by atoms with Gasteiger partial charge >= 0.3 is 0 Å². The summed E-state index contributed by atoms with van der Waals surface area (Å²) in [5.41, 5.74) is 5.49. The first-order valence-corrected chi connectivity index (χ1v) is 13.8. The molecule has 10 aromatic rings. The van der Waals surface area contributed by atoms with E-state index < -0.39 is 0 Å². The maximum atomic E-state index is 6.48. The van der Waals surface area contributed by atoms with Crippen molar-refractivity contribution in [2.75, 3.05) is 0 Å². The zero-order valence-electron chi connectivity index (χ0n) is 21.5. The Kier molecular flexibility index (Phi) is 3.70. The van der Waals surface area contributed by atoms with Crippen LogP contribution in [0.25, 0.3) is 92.5 Å². The Morgan fingerprint density at radius 3 is 2.05 bits per heavy atom. The molecule has 10 rings (SSSR count). The third kappa shape index (κ3) is 2.49. The molecule has 0 N–H and O–H groups in total. The molecule has 0 unspecified atom stereocenters. The molecule has 0 saturated carbocycles. The molecule has 2 heterocycles. The maximum absolute atomic E-state index is 6.48. The molecule has 0 saturated heterocycles. The average Bonchev–Trinajstić information content (AvgIpc) is 3.54. The summed E-state index contributed by atoms with van der Waals surface area (Å²) in [4.78, 5) is 0. The van der Waals surface area contributed by atoms with Gasteiger partial charge in [-0.15, -0.1) is 0 Å². The summed E-state index contributed by atoms with van der Waals surface area (Å²) in [6.45, 7) is 0. The van der Waals surface area contributed by atoms with Crippen LogP contribution in [0.2, 0.25) is 0 Å². The van der Waals surface area contributed by atoms with Crippen LogP contribution in [0.1, 0.15) is 0 Å². The van der Waals surface area contributed by atoms with E-state index in [1.165, 1.54) is 65.2 Å². The molecule has 0 aliphatic carbocycles. The number of fused-ring (bicyclic) bond motifs is 8. The van der Waals surface area contributed by atoms with Crippen molar-refractivity contribution in [3.63, 3.8) is 0 Å². The minimum absolute atomic E-state index is 0.928. The molecule has 40 heavy (non-hydrogen) atoms.